The van der Waals surface area contributed by atoms with Gasteiger partial charge in [0.1, 0.15) is 5.82 Å². The van der Waals surface area contributed by atoms with Gasteiger partial charge in [-0.05, 0) is 56.2 Å². The number of hydrogen-bond acceptors (Lipinski definition) is 4. The third kappa shape index (κ3) is 4.64. The van der Waals surface area contributed by atoms with E-state index in [0.29, 0.717) is 49.6 Å². The first-order valence-electron chi connectivity index (χ1n) is 9.07. The second-order valence-electron chi connectivity index (χ2n) is 6.37. The van der Waals surface area contributed by atoms with Crippen molar-refractivity contribution in [1.82, 2.24) is 4.90 Å². The molecule has 27 heavy (non-hydrogen) atoms. The Morgan fingerprint density at radius 1 is 1.04 bits per heavy atom. The Kier molecular flexibility index (Phi) is 6.06. The van der Waals surface area contributed by atoms with Crippen molar-refractivity contribution in [2.45, 2.75) is 19.8 Å². The zero-order valence-corrected chi connectivity index (χ0v) is 15.2. The molecule has 142 valence electrons. The number of halogens is 1. The molecule has 5 nitrogen and oxygen atoms in total. The Hall–Kier alpha value is -2.89. The molecule has 1 aliphatic heterocycles. The van der Waals surface area contributed by atoms with Crippen LogP contribution in [0.25, 0.3) is 0 Å². The van der Waals surface area contributed by atoms with Gasteiger partial charge in [-0.3, -0.25) is 9.59 Å². The number of esters is 1. The van der Waals surface area contributed by atoms with Crippen LogP contribution in [0.4, 0.5) is 4.39 Å². The number of benzene rings is 2. The Morgan fingerprint density at radius 2 is 1.67 bits per heavy atom. The number of rotatable bonds is 5. The number of piperidine rings is 1. The number of amides is 1. The van der Waals surface area contributed by atoms with E-state index >= 15 is 0 Å². The van der Waals surface area contributed by atoms with E-state index in [1.807, 2.05) is 13.0 Å². The quantitative estimate of drug-likeness (QED) is 0.594. The van der Waals surface area contributed by atoms with Crippen molar-refractivity contribution in [2.24, 2.45) is 5.92 Å². The monoisotopic (exact) mass is 371 g/mol. The largest absolute Gasteiger partial charge is 0.490 e. The molecule has 0 aliphatic carbocycles. The number of ether oxygens (including phenoxy) is 2. The van der Waals surface area contributed by atoms with Crippen LogP contribution in [0.1, 0.15) is 30.1 Å². The van der Waals surface area contributed by atoms with Crippen molar-refractivity contribution >= 4 is 11.9 Å². The summed E-state index contributed by atoms with van der Waals surface area (Å²) in [6.45, 7) is 3.27. The molecule has 0 aromatic heterocycles. The average molecular weight is 371 g/mol. The van der Waals surface area contributed by atoms with Gasteiger partial charge in [-0.15, -0.1) is 0 Å². The van der Waals surface area contributed by atoms with Crippen molar-refractivity contribution in [3.63, 3.8) is 0 Å². The maximum atomic E-state index is 13.0. The van der Waals surface area contributed by atoms with E-state index in [2.05, 4.69) is 0 Å². The molecule has 0 radical (unpaired) electrons. The van der Waals surface area contributed by atoms with E-state index in [-0.39, 0.29) is 23.6 Å². The highest BCUT2D eigenvalue weighted by molar-refractivity contribution is 5.94. The van der Waals surface area contributed by atoms with Crippen LogP contribution in [0.15, 0.2) is 48.5 Å². The lowest BCUT2D eigenvalue weighted by Crippen LogP contribution is -2.41. The number of hydrogen-bond donors (Lipinski definition) is 0. The van der Waals surface area contributed by atoms with Crippen molar-refractivity contribution in [3.8, 4) is 11.5 Å². The van der Waals surface area contributed by atoms with Gasteiger partial charge < -0.3 is 14.4 Å². The van der Waals surface area contributed by atoms with Gasteiger partial charge >= 0.3 is 5.97 Å². The standard InChI is InChI=1S/C21H22FNO4/c1-2-26-18-5-3-4-6-19(18)27-21(25)16-11-13-23(14-12-16)20(24)15-7-9-17(22)10-8-15/h3-10,16H,2,11-14H2,1H3. The first-order valence-corrected chi connectivity index (χ1v) is 9.07. The topological polar surface area (TPSA) is 55.8 Å². The minimum atomic E-state index is -0.375. The second-order valence-corrected chi connectivity index (χ2v) is 6.37. The zero-order valence-electron chi connectivity index (χ0n) is 15.2. The van der Waals surface area contributed by atoms with Crippen LogP contribution < -0.4 is 9.47 Å². The number of likely N-dealkylation sites (tertiary alicyclic amines) is 1. The minimum absolute atomic E-state index is 0.150. The van der Waals surface area contributed by atoms with E-state index < -0.39 is 0 Å². The van der Waals surface area contributed by atoms with E-state index in [9.17, 15) is 14.0 Å². The molecule has 1 amide bonds. The van der Waals surface area contributed by atoms with Crippen LogP contribution in [-0.2, 0) is 4.79 Å². The van der Waals surface area contributed by atoms with Gasteiger partial charge in [0.15, 0.2) is 11.5 Å². The molecule has 1 heterocycles. The third-order valence-electron chi connectivity index (χ3n) is 4.57. The first-order chi connectivity index (χ1) is 13.1. The van der Waals surface area contributed by atoms with Crippen molar-refractivity contribution in [3.05, 3.63) is 59.9 Å². The zero-order chi connectivity index (χ0) is 19.2. The fraction of sp³-hybridized carbons (Fsp3) is 0.333. The summed E-state index contributed by atoms with van der Waals surface area (Å²) in [5.74, 6) is -0.150. The van der Waals surface area contributed by atoms with Crippen LogP contribution in [0.2, 0.25) is 0 Å². The predicted octanol–water partition coefficient (Wildman–Crippen LogP) is 3.68. The lowest BCUT2D eigenvalue weighted by atomic mass is 9.96. The summed E-state index contributed by atoms with van der Waals surface area (Å²) in [6, 6.07) is 12.6. The highest BCUT2D eigenvalue weighted by atomic mass is 19.1. The summed E-state index contributed by atoms with van der Waals surface area (Å²) < 4.78 is 24.0. The van der Waals surface area contributed by atoms with Crippen LogP contribution in [0.5, 0.6) is 11.5 Å². The molecule has 0 saturated carbocycles. The number of carbonyl (C=O) groups excluding carboxylic acids is 2. The van der Waals surface area contributed by atoms with Gasteiger partial charge in [-0.25, -0.2) is 4.39 Å². The normalized spacial score (nSPS) is 14.7. The fourth-order valence-corrected chi connectivity index (χ4v) is 3.09. The molecule has 1 fully saturated rings. The molecule has 2 aromatic carbocycles. The highest BCUT2D eigenvalue weighted by Crippen LogP contribution is 2.29. The summed E-state index contributed by atoms with van der Waals surface area (Å²) in [7, 11) is 0. The molecule has 0 N–H and O–H groups in total. The minimum Gasteiger partial charge on any atom is -0.490 e. The summed E-state index contributed by atoms with van der Waals surface area (Å²) in [4.78, 5) is 26.6. The van der Waals surface area contributed by atoms with Gasteiger partial charge in [0, 0.05) is 18.7 Å². The van der Waals surface area contributed by atoms with Gasteiger partial charge in [-0.2, -0.15) is 0 Å². The molecule has 1 saturated heterocycles. The fourth-order valence-electron chi connectivity index (χ4n) is 3.09. The molecule has 0 atom stereocenters. The summed E-state index contributed by atoms with van der Waals surface area (Å²) >= 11 is 0. The van der Waals surface area contributed by atoms with Gasteiger partial charge in [0.2, 0.25) is 0 Å². The van der Waals surface area contributed by atoms with E-state index in [1.165, 1.54) is 24.3 Å². The number of nitrogens with zero attached hydrogens (tertiary/aromatic N) is 1. The van der Waals surface area contributed by atoms with Gasteiger partial charge in [-0.1, -0.05) is 12.1 Å². The molecule has 6 heteroatoms. The van der Waals surface area contributed by atoms with Gasteiger partial charge in [0.25, 0.3) is 5.91 Å². The molecule has 0 bridgehead atoms. The second kappa shape index (κ2) is 8.66. The van der Waals surface area contributed by atoms with Crippen LogP contribution in [0.3, 0.4) is 0 Å². The lowest BCUT2D eigenvalue weighted by molar-refractivity contribution is -0.140. The van der Waals surface area contributed by atoms with Crippen molar-refractivity contribution < 1.29 is 23.5 Å². The van der Waals surface area contributed by atoms with Crippen LogP contribution in [0, 0.1) is 11.7 Å². The van der Waals surface area contributed by atoms with Gasteiger partial charge in [0.05, 0.1) is 12.5 Å². The predicted molar refractivity (Wildman–Crippen MR) is 98.3 cm³/mol. The number of para-hydroxylation sites is 2. The smallest absolute Gasteiger partial charge is 0.314 e. The maximum Gasteiger partial charge on any atom is 0.314 e. The van der Waals surface area contributed by atoms with Crippen LogP contribution >= 0.6 is 0 Å². The lowest BCUT2D eigenvalue weighted by Gasteiger charge is -2.31. The SMILES string of the molecule is CCOc1ccccc1OC(=O)C1CCN(C(=O)c2ccc(F)cc2)CC1. The van der Waals surface area contributed by atoms with E-state index in [1.54, 1.807) is 23.1 Å². The van der Waals surface area contributed by atoms with Crippen LogP contribution in [-0.4, -0.2) is 36.5 Å². The summed E-state index contributed by atoms with van der Waals surface area (Å²) in [5.41, 5.74) is 0.447. The Labute approximate surface area is 157 Å². The summed E-state index contributed by atoms with van der Waals surface area (Å²) in [5, 5.41) is 0. The van der Waals surface area contributed by atoms with Crippen molar-refractivity contribution in [1.29, 1.82) is 0 Å². The average Bonchev–Trinajstić information content (AvgIpc) is 2.70. The molecule has 2 aromatic rings. The molecule has 3 rings (SSSR count). The molecule has 1 aliphatic rings. The highest BCUT2D eigenvalue weighted by Gasteiger charge is 2.29. The van der Waals surface area contributed by atoms with E-state index in [0.717, 1.165) is 0 Å². The maximum absolute atomic E-state index is 13.0. The summed E-state index contributed by atoms with van der Waals surface area (Å²) in [6.07, 6.45) is 1.06. The third-order valence-corrected chi connectivity index (χ3v) is 4.57. The molecule has 0 spiro atoms. The Balaban J connectivity index is 1.56. The van der Waals surface area contributed by atoms with Crippen molar-refractivity contribution in [2.75, 3.05) is 19.7 Å². The molecule has 0 unspecified atom stereocenters. The first kappa shape index (κ1) is 18.9. The number of carbonyl (C=O) groups is 2. The van der Waals surface area contributed by atoms with E-state index in [4.69, 9.17) is 9.47 Å². The Morgan fingerprint density at radius 3 is 2.30 bits per heavy atom. The molecular weight excluding hydrogens is 349 g/mol. The molecular formula is C21H22FNO4. The Bertz CT molecular complexity index is 798.